The average Bonchev–Trinajstić information content (AvgIpc) is 2.60. The van der Waals surface area contributed by atoms with E-state index >= 15 is 0 Å². The van der Waals surface area contributed by atoms with Gasteiger partial charge in [-0.1, -0.05) is 12.0 Å². The van der Waals surface area contributed by atoms with Crippen molar-refractivity contribution in [2.24, 2.45) is 0 Å². The molecule has 25 heavy (non-hydrogen) atoms. The number of nitrogens with zero attached hydrogens (tertiary/aromatic N) is 1. The molecule has 3 N–H and O–H groups in total. The monoisotopic (exact) mass is 338 g/mol. The van der Waals surface area contributed by atoms with Gasteiger partial charge in [-0.2, -0.15) is 0 Å². The zero-order valence-electron chi connectivity index (χ0n) is 13.0. The van der Waals surface area contributed by atoms with Crippen LogP contribution in [0.4, 0.5) is 21.9 Å². The Hall–Kier alpha value is -3.86. The SMILES string of the molecule is C#Cc1cccc(NC(=O)CNC(=O)Nc2ccc([N+](=O)[O-])cc2)c1. The van der Waals surface area contributed by atoms with Crippen LogP contribution in [0.15, 0.2) is 48.5 Å². The van der Waals surface area contributed by atoms with E-state index in [9.17, 15) is 19.7 Å². The molecule has 0 atom stereocenters. The number of carbonyl (C=O) groups excluding carboxylic acids is 2. The van der Waals surface area contributed by atoms with Crippen LogP contribution < -0.4 is 16.0 Å². The van der Waals surface area contributed by atoms with Gasteiger partial charge in [0.15, 0.2) is 0 Å². The molecule has 0 spiro atoms. The molecule has 126 valence electrons. The number of hydrogen-bond donors (Lipinski definition) is 3. The van der Waals surface area contributed by atoms with Gasteiger partial charge in [0.25, 0.3) is 5.69 Å². The summed E-state index contributed by atoms with van der Waals surface area (Å²) >= 11 is 0. The predicted molar refractivity (Wildman–Crippen MR) is 93.1 cm³/mol. The van der Waals surface area contributed by atoms with Crippen molar-refractivity contribution >= 4 is 29.0 Å². The van der Waals surface area contributed by atoms with Gasteiger partial charge in [-0.05, 0) is 30.3 Å². The standard InChI is InChI=1S/C17H14N4O4/c1-2-12-4-3-5-14(10-12)19-16(22)11-18-17(23)20-13-6-8-15(9-7-13)21(24)25/h1,3-10H,11H2,(H,19,22)(H2,18,20,23). The molecule has 0 aliphatic heterocycles. The Morgan fingerprint density at radius 1 is 1.08 bits per heavy atom. The number of benzene rings is 2. The van der Waals surface area contributed by atoms with E-state index in [1.807, 2.05) is 0 Å². The molecule has 2 aromatic carbocycles. The fraction of sp³-hybridized carbons (Fsp3) is 0.0588. The zero-order valence-corrected chi connectivity index (χ0v) is 13.0. The maximum Gasteiger partial charge on any atom is 0.319 e. The summed E-state index contributed by atoms with van der Waals surface area (Å²) in [6.45, 7) is -0.251. The Kier molecular flexibility index (Phi) is 5.68. The van der Waals surface area contributed by atoms with Gasteiger partial charge < -0.3 is 16.0 Å². The second kappa shape index (κ2) is 8.12. The molecular formula is C17H14N4O4. The van der Waals surface area contributed by atoms with Crippen LogP contribution in [0.1, 0.15) is 5.56 Å². The van der Waals surface area contributed by atoms with Crippen LogP contribution in [-0.4, -0.2) is 23.4 Å². The van der Waals surface area contributed by atoms with Crippen LogP contribution in [0.2, 0.25) is 0 Å². The van der Waals surface area contributed by atoms with Crippen molar-refractivity contribution in [3.05, 3.63) is 64.2 Å². The molecule has 8 nitrogen and oxygen atoms in total. The zero-order chi connectivity index (χ0) is 18.2. The molecule has 0 saturated heterocycles. The van der Waals surface area contributed by atoms with E-state index in [4.69, 9.17) is 6.42 Å². The smallest absolute Gasteiger partial charge is 0.319 e. The molecule has 0 bridgehead atoms. The molecule has 2 rings (SSSR count). The summed E-state index contributed by atoms with van der Waals surface area (Å²) in [6, 6.07) is 11.4. The molecule has 0 aliphatic carbocycles. The Labute approximate surface area is 143 Å². The first-order valence-corrected chi connectivity index (χ1v) is 7.14. The van der Waals surface area contributed by atoms with E-state index in [1.165, 1.54) is 24.3 Å². The van der Waals surface area contributed by atoms with Crippen molar-refractivity contribution in [2.75, 3.05) is 17.2 Å². The number of nitrogens with one attached hydrogen (secondary N) is 3. The van der Waals surface area contributed by atoms with Gasteiger partial charge in [-0.3, -0.25) is 14.9 Å². The maximum atomic E-state index is 11.8. The summed E-state index contributed by atoms with van der Waals surface area (Å²) in [5.41, 5.74) is 1.43. The topological polar surface area (TPSA) is 113 Å². The van der Waals surface area contributed by atoms with E-state index < -0.39 is 16.9 Å². The first-order chi connectivity index (χ1) is 12.0. The Balaban J connectivity index is 1.81. The van der Waals surface area contributed by atoms with Gasteiger partial charge in [0, 0.05) is 29.1 Å². The summed E-state index contributed by atoms with van der Waals surface area (Å²) in [7, 11) is 0. The molecule has 0 saturated carbocycles. The second-order valence-electron chi connectivity index (χ2n) is 4.88. The van der Waals surface area contributed by atoms with Crippen LogP contribution in [-0.2, 0) is 4.79 Å². The van der Waals surface area contributed by atoms with Crippen LogP contribution >= 0.6 is 0 Å². The highest BCUT2D eigenvalue weighted by Crippen LogP contribution is 2.15. The minimum absolute atomic E-state index is 0.0838. The van der Waals surface area contributed by atoms with Gasteiger partial charge in [-0.15, -0.1) is 6.42 Å². The molecule has 8 heteroatoms. The van der Waals surface area contributed by atoms with Crippen molar-refractivity contribution < 1.29 is 14.5 Å². The van der Waals surface area contributed by atoms with Crippen LogP contribution in [0, 0.1) is 22.5 Å². The lowest BCUT2D eigenvalue weighted by molar-refractivity contribution is -0.384. The minimum Gasteiger partial charge on any atom is -0.329 e. The third-order valence-corrected chi connectivity index (χ3v) is 3.06. The highest BCUT2D eigenvalue weighted by molar-refractivity contribution is 5.97. The number of urea groups is 1. The van der Waals surface area contributed by atoms with E-state index in [0.717, 1.165) is 0 Å². The number of nitro groups is 1. The summed E-state index contributed by atoms with van der Waals surface area (Å²) in [5, 5.41) is 18.0. The molecule has 3 amide bonds. The summed E-state index contributed by atoms with van der Waals surface area (Å²) in [6.07, 6.45) is 5.28. The summed E-state index contributed by atoms with van der Waals surface area (Å²) in [4.78, 5) is 33.5. The Morgan fingerprint density at radius 3 is 2.44 bits per heavy atom. The number of amides is 3. The van der Waals surface area contributed by atoms with Gasteiger partial charge in [0.2, 0.25) is 5.91 Å². The average molecular weight is 338 g/mol. The lowest BCUT2D eigenvalue weighted by Gasteiger charge is -2.08. The molecular weight excluding hydrogens is 324 g/mol. The quantitative estimate of drug-likeness (QED) is 0.441. The van der Waals surface area contributed by atoms with Crippen LogP contribution in [0.3, 0.4) is 0 Å². The van der Waals surface area contributed by atoms with Gasteiger partial charge in [-0.25, -0.2) is 4.79 Å². The van der Waals surface area contributed by atoms with Crippen molar-refractivity contribution in [2.45, 2.75) is 0 Å². The maximum absolute atomic E-state index is 11.8. The second-order valence-corrected chi connectivity index (χ2v) is 4.88. The van der Waals surface area contributed by atoms with Crippen molar-refractivity contribution in [1.29, 1.82) is 0 Å². The fourth-order valence-corrected chi connectivity index (χ4v) is 1.89. The lowest BCUT2D eigenvalue weighted by atomic mass is 10.2. The number of rotatable bonds is 5. The highest BCUT2D eigenvalue weighted by atomic mass is 16.6. The van der Waals surface area contributed by atoms with E-state index in [1.54, 1.807) is 24.3 Å². The van der Waals surface area contributed by atoms with Gasteiger partial charge in [0.05, 0.1) is 11.5 Å². The third-order valence-electron chi connectivity index (χ3n) is 3.06. The number of hydrogen-bond acceptors (Lipinski definition) is 4. The fourth-order valence-electron chi connectivity index (χ4n) is 1.89. The van der Waals surface area contributed by atoms with E-state index in [-0.39, 0.29) is 12.2 Å². The number of nitro benzene ring substituents is 1. The molecule has 0 heterocycles. The van der Waals surface area contributed by atoms with Crippen molar-refractivity contribution in [1.82, 2.24) is 5.32 Å². The summed E-state index contributed by atoms with van der Waals surface area (Å²) in [5.74, 6) is 2.03. The predicted octanol–water partition coefficient (Wildman–Crippen LogP) is 2.34. The molecule has 0 fully saturated rings. The molecule has 0 unspecified atom stereocenters. The molecule has 0 aromatic heterocycles. The number of terminal acetylenes is 1. The van der Waals surface area contributed by atoms with Crippen LogP contribution in [0.25, 0.3) is 0 Å². The first kappa shape index (κ1) is 17.5. The highest BCUT2D eigenvalue weighted by Gasteiger charge is 2.08. The third kappa shape index (κ3) is 5.37. The first-order valence-electron chi connectivity index (χ1n) is 7.14. The normalized spacial score (nSPS) is 9.56. The number of anilines is 2. The van der Waals surface area contributed by atoms with Gasteiger partial charge >= 0.3 is 6.03 Å². The molecule has 2 aromatic rings. The summed E-state index contributed by atoms with van der Waals surface area (Å²) < 4.78 is 0. The van der Waals surface area contributed by atoms with Crippen molar-refractivity contribution in [3.63, 3.8) is 0 Å². The minimum atomic E-state index is -0.610. The van der Waals surface area contributed by atoms with Gasteiger partial charge in [0.1, 0.15) is 0 Å². The van der Waals surface area contributed by atoms with Crippen LogP contribution in [0.5, 0.6) is 0 Å². The Morgan fingerprint density at radius 2 is 1.80 bits per heavy atom. The van der Waals surface area contributed by atoms with E-state index in [2.05, 4.69) is 21.9 Å². The molecule has 0 radical (unpaired) electrons. The number of non-ortho nitro benzene ring substituents is 1. The number of carbonyl (C=O) groups is 2. The lowest BCUT2D eigenvalue weighted by Crippen LogP contribution is -2.35. The largest absolute Gasteiger partial charge is 0.329 e. The Bertz CT molecular complexity index is 840. The van der Waals surface area contributed by atoms with Crippen molar-refractivity contribution in [3.8, 4) is 12.3 Å². The molecule has 0 aliphatic rings. The van der Waals surface area contributed by atoms with E-state index in [0.29, 0.717) is 16.9 Å².